The number of aromatic amines is 1. The second-order valence-corrected chi connectivity index (χ2v) is 17.1. The van der Waals surface area contributed by atoms with Gasteiger partial charge in [0.2, 0.25) is 6.79 Å². The smallest absolute Gasteiger partial charge is 0.333 e. The first kappa shape index (κ1) is 35.5. The van der Waals surface area contributed by atoms with Crippen molar-refractivity contribution in [2.24, 2.45) is 0 Å². The van der Waals surface area contributed by atoms with Gasteiger partial charge in [-0.05, 0) is 69.5 Å². The third-order valence-electron chi connectivity index (χ3n) is 13.0. The Morgan fingerprint density at radius 3 is 2.68 bits per heavy atom. The predicted molar refractivity (Wildman–Crippen MR) is 206 cm³/mol. The van der Waals surface area contributed by atoms with Gasteiger partial charge in [0, 0.05) is 64.5 Å². The molecule has 4 aromatic rings. The standard InChI is InChI=1S/C42H43N5O8S/c1-18-7-8-25-24(11-18)23-9-10-44-42(40(23)45-25)16-56-39-31-30(38-37(53-17-54-38)20(3)36(31)55-21(4)48)28(15-52-41(42)50)47-27(14-43)26-13-22-12-19(2)35(51-6)34(49)29(22)32(33(39)47)46(26)5/h7-8,11-12,26-28,32-33,39,44-45,49H,9-10,13,15-17H2,1-6H3/t26-,27-,28-,32+,33?,39+,42+/m0/s1. The van der Waals surface area contributed by atoms with E-state index in [1.54, 1.807) is 18.9 Å². The molecule has 13 nitrogen and oxygen atoms in total. The van der Waals surface area contributed by atoms with Crippen LogP contribution in [0.3, 0.4) is 0 Å². The number of H-pyrrole nitrogens is 1. The zero-order valence-electron chi connectivity index (χ0n) is 32.1. The maximum atomic E-state index is 14.9. The summed E-state index contributed by atoms with van der Waals surface area (Å²) in [5.41, 5.74) is 7.27. The van der Waals surface area contributed by atoms with E-state index in [1.165, 1.54) is 6.92 Å². The van der Waals surface area contributed by atoms with E-state index in [9.17, 15) is 20.0 Å². The molecule has 7 aliphatic heterocycles. The Hall–Kier alpha value is -4.94. The average molecular weight is 778 g/mol. The van der Waals surface area contributed by atoms with Gasteiger partial charge in [0.1, 0.15) is 18.4 Å². The van der Waals surface area contributed by atoms with Crippen molar-refractivity contribution >= 4 is 34.6 Å². The van der Waals surface area contributed by atoms with Crippen molar-refractivity contribution < 1.29 is 38.4 Å². The van der Waals surface area contributed by atoms with Gasteiger partial charge in [-0.1, -0.05) is 17.7 Å². The number of aromatic hydroxyl groups is 1. The van der Waals surface area contributed by atoms with Crippen LogP contribution in [0.1, 0.15) is 74.5 Å². The van der Waals surface area contributed by atoms with Gasteiger partial charge < -0.3 is 33.8 Å². The largest absolute Gasteiger partial charge is 0.504 e. The molecule has 290 valence electrons. The third kappa shape index (κ3) is 4.65. The van der Waals surface area contributed by atoms with Crippen LogP contribution in [0.25, 0.3) is 10.9 Å². The average Bonchev–Trinajstić information content (AvgIpc) is 3.81. The lowest BCUT2D eigenvalue weighted by Crippen LogP contribution is -2.69. The van der Waals surface area contributed by atoms with Crippen LogP contribution < -0.4 is 24.3 Å². The summed E-state index contributed by atoms with van der Waals surface area (Å²) in [5.74, 6) is 1.15. The van der Waals surface area contributed by atoms with E-state index in [-0.39, 0.29) is 30.9 Å². The first-order valence-corrected chi connectivity index (χ1v) is 20.1. The number of phenolic OH excluding ortho intramolecular Hbond substituents is 1. The second kappa shape index (κ2) is 12.5. The van der Waals surface area contributed by atoms with E-state index in [1.807, 2.05) is 20.9 Å². The number of hydrogen-bond donors (Lipinski definition) is 3. The van der Waals surface area contributed by atoms with Crippen molar-refractivity contribution in [2.45, 2.75) is 81.5 Å². The molecule has 56 heavy (non-hydrogen) atoms. The Kier molecular flexibility index (Phi) is 7.94. The van der Waals surface area contributed by atoms with Crippen LogP contribution in [0.4, 0.5) is 0 Å². The van der Waals surface area contributed by atoms with Crippen LogP contribution in [-0.2, 0) is 32.7 Å². The molecule has 1 unspecified atom stereocenters. The minimum Gasteiger partial charge on any atom is -0.504 e. The van der Waals surface area contributed by atoms with Crippen molar-refractivity contribution in [3.63, 3.8) is 0 Å². The number of ether oxygens (including phenoxy) is 5. The third-order valence-corrected chi connectivity index (χ3v) is 14.5. The Morgan fingerprint density at radius 2 is 1.91 bits per heavy atom. The minimum atomic E-state index is -1.24. The van der Waals surface area contributed by atoms with Crippen LogP contribution >= 0.6 is 11.8 Å². The van der Waals surface area contributed by atoms with Crippen molar-refractivity contribution in [2.75, 3.05) is 39.9 Å². The predicted octanol–water partition coefficient (Wildman–Crippen LogP) is 5.06. The Morgan fingerprint density at radius 1 is 1.11 bits per heavy atom. The number of fused-ring (bicyclic) bond motifs is 11. The molecule has 0 amide bonds. The van der Waals surface area contributed by atoms with Crippen LogP contribution in [0.5, 0.6) is 28.7 Å². The summed E-state index contributed by atoms with van der Waals surface area (Å²) in [4.78, 5) is 35.9. The van der Waals surface area contributed by atoms with Crippen LogP contribution in [0.15, 0.2) is 24.3 Å². The monoisotopic (exact) mass is 777 g/mol. The summed E-state index contributed by atoms with van der Waals surface area (Å²) >= 11 is 1.56. The van der Waals surface area contributed by atoms with Gasteiger partial charge in [-0.2, -0.15) is 5.26 Å². The van der Waals surface area contributed by atoms with Crippen LogP contribution in [0.2, 0.25) is 0 Å². The number of aromatic nitrogens is 1. The van der Waals surface area contributed by atoms with Gasteiger partial charge in [0.15, 0.2) is 28.5 Å². The van der Waals surface area contributed by atoms with Gasteiger partial charge in [-0.3, -0.25) is 19.9 Å². The summed E-state index contributed by atoms with van der Waals surface area (Å²) in [6, 6.07) is 8.47. The number of rotatable bonds is 2. The summed E-state index contributed by atoms with van der Waals surface area (Å²) in [6.45, 7) is 7.63. The number of likely N-dealkylation sites (N-methyl/N-ethyl adjacent to an activating group) is 1. The van der Waals surface area contributed by atoms with Gasteiger partial charge in [-0.25, -0.2) is 4.79 Å². The number of nitriles is 1. The summed E-state index contributed by atoms with van der Waals surface area (Å²) in [7, 11) is 3.58. The Balaban J connectivity index is 1.25. The topological polar surface area (TPSA) is 159 Å². The Bertz CT molecular complexity index is 2440. The maximum absolute atomic E-state index is 14.9. The van der Waals surface area contributed by atoms with E-state index in [4.69, 9.17) is 23.7 Å². The summed E-state index contributed by atoms with van der Waals surface area (Å²) in [5, 5.41) is 27.5. The van der Waals surface area contributed by atoms with Crippen molar-refractivity contribution in [1.82, 2.24) is 20.1 Å². The van der Waals surface area contributed by atoms with E-state index in [2.05, 4.69) is 57.4 Å². The molecule has 7 atom stereocenters. The quantitative estimate of drug-likeness (QED) is 0.183. The molecule has 2 fully saturated rings. The lowest BCUT2D eigenvalue weighted by atomic mass is 9.71. The highest BCUT2D eigenvalue weighted by Gasteiger charge is 2.62. The Labute approximate surface area is 328 Å². The molecule has 4 bridgehead atoms. The van der Waals surface area contributed by atoms with Crippen molar-refractivity contribution in [3.8, 4) is 34.8 Å². The molecule has 0 aliphatic carbocycles. The highest BCUT2D eigenvalue weighted by molar-refractivity contribution is 7.99. The fraction of sp³-hybridized carbons (Fsp3) is 0.452. The number of carbonyl (C=O) groups excluding carboxylic acids is 2. The first-order chi connectivity index (χ1) is 27.0. The molecule has 14 heteroatoms. The van der Waals surface area contributed by atoms with Crippen LogP contribution in [0, 0.1) is 32.1 Å². The molecular weight excluding hydrogens is 735 g/mol. The highest BCUT2D eigenvalue weighted by Crippen LogP contribution is 2.64. The molecule has 7 aliphatic rings. The van der Waals surface area contributed by atoms with Crippen LogP contribution in [-0.4, -0.2) is 89.8 Å². The van der Waals surface area contributed by atoms with Crippen molar-refractivity contribution in [1.29, 1.82) is 5.26 Å². The van der Waals surface area contributed by atoms with E-state index < -0.39 is 46.9 Å². The second-order valence-electron chi connectivity index (χ2n) is 15.9. The zero-order chi connectivity index (χ0) is 38.9. The maximum Gasteiger partial charge on any atom is 0.333 e. The number of esters is 2. The van der Waals surface area contributed by atoms with Gasteiger partial charge >= 0.3 is 11.9 Å². The normalized spacial score (nSPS) is 28.8. The molecule has 0 radical (unpaired) electrons. The van der Waals surface area contributed by atoms with E-state index in [0.29, 0.717) is 47.1 Å². The number of carbonyl (C=O) groups is 2. The molecule has 2 saturated heterocycles. The summed E-state index contributed by atoms with van der Waals surface area (Å²) < 4.78 is 30.8. The zero-order valence-corrected chi connectivity index (χ0v) is 32.9. The molecule has 3 aromatic carbocycles. The molecule has 8 heterocycles. The van der Waals surface area contributed by atoms with E-state index >= 15 is 0 Å². The molecule has 1 aromatic heterocycles. The number of nitrogens with zero attached hydrogens (tertiary/aromatic N) is 3. The lowest BCUT2D eigenvalue weighted by molar-refractivity contribution is -0.157. The number of methoxy groups -OCH3 is 1. The lowest BCUT2D eigenvalue weighted by Gasteiger charge is -2.62. The fourth-order valence-electron chi connectivity index (χ4n) is 10.8. The number of hydrogen-bond acceptors (Lipinski definition) is 13. The highest BCUT2D eigenvalue weighted by atomic mass is 32.2. The number of piperazine rings is 1. The molecule has 3 N–H and O–H groups in total. The number of phenols is 1. The van der Waals surface area contributed by atoms with E-state index in [0.717, 1.165) is 56.4 Å². The first-order valence-electron chi connectivity index (χ1n) is 19.1. The summed E-state index contributed by atoms with van der Waals surface area (Å²) in [6.07, 6.45) is 1.25. The number of thioether (sulfide) groups is 1. The van der Waals surface area contributed by atoms with Gasteiger partial charge in [0.05, 0.1) is 36.2 Å². The molecule has 11 rings (SSSR count). The molecule has 0 saturated carbocycles. The fourth-order valence-corrected chi connectivity index (χ4v) is 12.4. The minimum absolute atomic E-state index is 0.0361. The number of benzene rings is 3. The van der Waals surface area contributed by atoms with Gasteiger partial charge in [-0.15, -0.1) is 11.8 Å². The SMILES string of the molecule is COc1c(C)cc2c(c1O)[C@@H]1C3[C@@H]4SC[C@]5(NCCc6c5[nH]c5ccc(C)cc65)C(=O)OC[C@@H](c5c6c(c(C)c(OC(C)=O)c54)OCO6)N3[C@@H](C#N)[C@H](C2)N1C. The van der Waals surface area contributed by atoms with Crippen molar-refractivity contribution in [3.05, 3.63) is 74.5 Å². The molecule has 1 spiro atoms. The van der Waals surface area contributed by atoms with Gasteiger partial charge in [0.25, 0.3) is 0 Å². The molecular formula is C42H43N5O8S. The number of nitrogens with one attached hydrogen (secondary N) is 2. The number of aryl methyl sites for hydroxylation is 2.